The Bertz CT molecular complexity index is 435. The lowest BCUT2D eigenvalue weighted by atomic mass is 10.1. The van der Waals surface area contributed by atoms with Gasteiger partial charge in [-0.05, 0) is 6.07 Å². The Morgan fingerprint density at radius 3 is 2.68 bits per heavy atom. The zero-order valence-electron chi connectivity index (χ0n) is 11.6. The van der Waals surface area contributed by atoms with E-state index in [0.29, 0.717) is 12.6 Å². The SMILES string of the molecule is CC(C)NCc1cccc(F)c1OCC(C)C(N)=O. The molecule has 5 heteroatoms. The second-order valence-electron chi connectivity index (χ2n) is 4.88. The number of benzene rings is 1. The maximum absolute atomic E-state index is 13.8. The third kappa shape index (κ3) is 4.87. The predicted molar refractivity (Wildman–Crippen MR) is 72.2 cm³/mol. The van der Waals surface area contributed by atoms with E-state index in [4.69, 9.17) is 10.5 Å². The lowest BCUT2D eigenvalue weighted by molar-refractivity contribution is -0.122. The van der Waals surface area contributed by atoms with Gasteiger partial charge >= 0.3 is 0 Å². The van der Waals surface area contributed by atoms with Gasteiger partial charge in [-0.3, -0.25) is 4.79 Å². The van der Waals surface area contributed by atoms with Crippen LogP contribution in [-0.2, 0) is 11.3 Å². The molecule has 0 saturated carbocycles. The van der Waals surface area contributed by atoms with E-state index in [-0.39, 0.29) is 12.4 Å². The fraction of sp³-hybridized carbons (Fsp3) is 0.500. The summed E-state index contributed by atoms with van der Waals surface area (Å²) in [5.41, 5.74) is 5.88. The van der Waals surface area contributed by atoms with Crippen molar-refractivity contribution >= 4 is 5.91 Å². The van der Waals surface area contributed by atoms with Crippen LogP contribution in [0.4, 0.5) is 4.39 Å². The Balaban J connectivity index is 2.77. The van der Waals surface area contributed by atoms with Crippen LogP contribution < -0.4 is 15.8 Å². The molecule has 1 rings (SSSR count). The van der Waals surface area contributed by atoms with Crippen LogP contribution in [0.3, 0.4) is 0 Å². The first-order chi connectivity index (χ1) is 8.91. The van der Waals surface area contributed by atoms with Gasteiger partial charge in [0.05, 0.1) is 12.5 Å². The zero-order valence-corrected chi connectivity index (χ0v) is 11.6. The van der Waals surface area contributed by atoms with Crippen molar-refractivity contribution < 1.29 is 13.9 Å². The topological polar surface area (TPSA) is 64.3 Å². The standard InChI is InChI=1S/C14H21FN2O2/c1-9(2)17-7-11-5-4-6-12(15)13(11)19-8-10(3)14(16)18/h4-6,9-10,17H,7-8H2,1-3H3,(H2,16,18). The van der Waals surface area contributed by atoms with E-state index in [1.54, 1.807) is 19.1 Å². The molecule has 0 aliphatic carbocycles. The summed E-state index contributed by atoms with van der Waals surface area (Å²) in [7, 11) is 0. The quantitative estimate of drug-likeness (QED) is 0.793. The molecule has 0 heterocycles. The molecule has 106 valence electrons. The number of primary amides is 1. The number of nitrogens with two attached hydrogens (primary N) is 1. The normalized spacial score (nSPS) is 12.5. The molecule has 1 aromatic carbocycles. The number of carbonyl (C=O) groups excluding carboxylic acids is 1. The molecular weight excluding hydrogens is 247 g/mol. The van der Waals surface area contributed by atoms with Gasteiger partial charge in [0, 0.05) is 18.2 Å². The van der Waals surface area contributed by atoms with Crippen molar-refractivity contribution in [1.82, 2.24) is 5.32 Å². The number of carbonyl (C=O) groups is 1. The summed E-state index contributed by atoms with van der Waals surface area (Å²) in [5.74, 6) is -1.16. The first kappa shape index (κ1) is 15.4. The fourth-order valence-corrected chi connectivity index (χ4v) is 1.46. The fourth-order valence-electron chi connectivity index (χ4n) is 1.46. The molecule has 0 aromatic heterocycles. The van der Waals surface area contributed by atoms with E-state index in [2.05, 4.69) is 5.32 Å². The zero-order chi connectivity index (χ0) is 14.4. The monoisotopic (exact) mass is 268 g/mol. The Hall–Kier alpha value is -1.62. The van der Waals surface area contributed by atoms with Crippen molar-refractivity contribution in [3.05, 3.63) is 29.6 Å². The van der Waals surface area contributed by atoms with E-state index >= 15 is 0 Å². The van der Waals surface area contributed by atoms with E-state index in [1.165, 1.54) is 6.07 Å². The minimum atomic E-state index is -0.460. The second kappa shape index (κ2) is 7.09. The van der Waals surface area contributed by atoms with Crippen LogP contribution >= 0.6 is 0 Å². The van der Waals surface area contributed by atoms with Crippen LogP contribution in [0.25, 0.3) is 0 Å². The molecule has 0 aliphatic heterocycles. The third-order valence-corrected chi connectivity index (χ3v) is 2.71. The van der Waals surface area contributed by atoms with Crippen molar-refractivity contribution in [1.29, 1.82) is 0 Å². The summed E-state index contributed by atoms with van der Waals surface area (Å²) in [6.45, 7) is 6.25. The molecule has 0 radical (unpaired) electrons. The molecule has 0 spiro atoms. The minimum absolute atomic E-state index is 0.0744. The molecular formula is C14H21FN2O2. The van der Waals surface area contributed by atoms with Gasteiger partial charge in [0.2, 0.25) is 5.91 Å². The highest BCUT2D eigenvalue weighted by Gasteiger charge is 2.14. The lowest BCUT2D eigenvalue weighted by Crippen LogP contribution is -2.26. The van der Waals surface area contributed by atoms with E-state index < -0.39 is 17.6 Å². The average Bonchev–Trinajstić information content (AvgIpc) is 2.34. The maximum Gasteiger partial charge on any atom is 0.223 e. The molecule has 0 bridgehead atoms. The number of amides is 1. The van der Waals surface area contributed by atoms with Gasteiger partial charge in [0.15, 0.2) is 11.6 Å². The molecule has 3 N–H and O–H groups in total. The third-order valence-electron chi connectivity index (χ3n) is 2.71. The summed E-state index contributed by atoms with van der Waals surface area (Å²) in [6, 6.07) is 5.06. The van der Waals surface area contributed by atoms with Crippen molar-refractivity contribution in [2.75, 3.05) is 6.61 Å². The first-order valence-electron chi connectivity index (χ1n) is 6.34. The summed E-state index contributed by atoms with van der Waals surface area (Å²) in [4.78, 5) is 10.9. The molecule has 1 atom stereocenters. The predicted octanol–water partition coefficient (Wildman–Crippen LogP) is 1.82. The number of nitrogens with one attached hydrogen (secondary N) is 1. The van der Waals surface area contributed by atoms with Crippen LogP contribution in [-0.4, -0.2) is 18.6 Å². The molecule has 1 aromatic rings. The van der Waals surface area contributed by atoms with Crippen molar-refractivity contribution in [3.8, 4) is 5.75 Å². The smallest absolute Gasteiger partial charge is 0.223 e. The minimum Gasteiger partial charge on any atom is -0.489 e. The number of halogens is 1. The number of hydrogen-bond donors (Lipinski definition) is 2. The maximum atomic E-state index is 13.8. The van der Waals surface area contributed by atoms with Gasteiger partial charge in [0.1, 0.15) is 0 Å². The van der Waals surface area contributed by atoms with Gasteiger partial charge in [-0.1, -0.05) is 32.9 Å². The van der Waals surface area contributed by atoms with Crippen molar-refractivity contribution in [2.24, 2.45) is 11.7 Å². The molecule has 0 aliphatic rings. The lowest BCUT2D eigenvalue weighted by Gasteiger charge is -2.16. The number of rotatable bonds is 7. The molecule has 0 fully saturated rings. The summed E-state index contributed by atoms with van der Waals surface area (Å²) in [5, 5.41) is 3.20. The Morgan fingerprint density at radius 1 is 1.42 bits per heavy atom. The summed E-state index contributed by atoms with van der Waals surface area (Å²) < 4.78 is 19.2. The van der Waals surface area contributed by atoms with Crippen LogP contribution in [0, 0.1) is 11.7 Å². The molecule has 1 unspecified atom stereocenters. The molecule has 0 saturated heterocycles. The second-order valence-corrected chi connectivity index (χ2v) is 4.88. The van der Waals surface area contributed by atoms with Gasteiger partial charge < -0.3 is 15.8 Å². The number of para-hydroxylation sites is 1. The molecule has 19 heavy (non-hydrogen) atoms. The van der Waals surface area contributed by atoms with Gasteiger partial charge in [-0.25, -0.2) is 4.39 Å². The largest absolute Gasteiger partial charge is 0.489 e. The van der Waals surface area contributed by atoms with Crippen molar-refractivity contribution in [2.45, 2.75) is 33.4 Å². The Labute approximate surface area is 113 Å². The van der Waals surface area contributed by atoms with Crippen LogP contribution in [0.15, 0.2) is 18.2 Å². The highest BCUT2D eigenvalue weighted by Crippen LogP contribution is 2.23. The molecule has 4 nitrogen and oxygen atoms in total. The van der Waals surface area contributed by atoms with Gasteiger partial charge in [-0.2, -0.15) is 0 Å². The van der Waals surface area contributed by atoms with Crippen LogP contribution in [0.5, 0.6) is 5.75 Å². The van der Waals surface area contributed by atoms with Gasteiger partial charge in [0.25, 0.3) is 0 Å². The Morgan fingerprint density at radius 2 is 2.11 bits per heavy atom. The first-order valence-corrected chi connectivity index (χ1v) is 6.34. The van der Waals surface area contributed by atoms with Gasteiger partial charge in [-0.15, -0.1) is 0 Å². The summed E-state index contributed by atoms with van der Waals surface area (Å²) >= 11 is 0. The van der Waals surface area contributed by atoms with Crippen LogP contribution in [0.1, 0.15) is 26.3 Å². The highest BCUT2D eigenvalue weighted by molar-refractivity contribution is 5.76. The molecule has 1 amide bonds. The highest BCUT2D eigenvalue weighted by atomic mass is 19.1. The van der Waals surface area contributed by atoms with Crippen molar-refractivity contribution in [3.63, 3.8) is 0 Å². The van der Waals surface area contributed by atoms with Crippen LogP contribution in [0.2, 0.25) is 0 Å². The summed E-state index contributed by atoms with van der Waals surface area (Å²) in [6.07, 6.45) is 0. The van der Waals surface area contributed by atoms with E-state index in [0.717, 1.165) is 5.56 Å². The number of ether oxygens (including phenoxy) is 1. The Kier molecular flexibility index (Phi) is 5.76. The average molecular weight is 268 g/mol. The van der Waals surface area contributed by atoms with E-state index in [9.17, 15) is 9.18 Å². The van der Waals surface area contributed by atoms with E-state index in [1.807, 2.05) is 13.8 Å². The number of hydrogen-bond acceptors (Lipinski definition) is 3.